The molecule has 0 spiro atoms. The SMILES string of the molecule is Cn1ccnc1C(NC(=O)C1CCCN(C(=O)C2CC2)C1)c1ccc(F)cc1. The molecule has 1 aromatic carbocycles. The topological polar surface area (TPSA) is 67.2 Å². The first-order valence-corrected chi connectivity index (χ1v) is 9.85. The van der Waals surface area contributed by atoms with Gasteiger partial charge in [0, 0.05) is 38.4 Å². The molecule has 2 aliphatic rings. The number of benzene rings is 1. The Bertz CT molecular complexity index is 860. The molecule has 6 nitrogen and oxygen atoms in total. The third-order valence-electron chi connectivity index (χ3n) is 5.64. The molecule has 2 fully saturated rings. The van der Waals surface area contributed by atoms with Crippen molar-refractivity contribution in [2.45, 2.75) is 31.7 Å². The van der Waals surface area contributed by atoms with Crippen LogP contribution in [0.2, 0.25) is 0 Å². The fourth-order valence-electron chi connectivity index (χ4n) is 3.85. The van der Waals surface area contributed by atoms with E-state index in [9.17, 15) is 14.0 Å². The van der Waals surface area contributed by atoms with Crippen LogP contribution in [0.15, 0.2) is 36.7 Å². The average Bonchev–Trinajstić information content (AvgIpc) is 3.47. The number of imidazole rings is 1. The van der Waals surface area contributed by atoms with Gasteiger partial charge in [0.1, 0.15) is 17.7 Å². The lowest BCUT2D eigenvalue weighted by Crippen LogP contribution is -2.46. The molecule has 2 amide bonds. The van der Waals surface area contributed by atoms with Gasteiger partial charge in [-0.2, -0.15) is 0 Å². The molecule has 1 aliphatic heterocycles. The Labute approximate surface area is 163 Å². The predicted octanol–water partition coefficient (Wildman–Crippen LogP) is 2.41. The van der Waals surface area contributed by atoms with E-state index in [1.807, 2.05) is 22.7 Å². The van der Waals surface area contributed by atoms with Crippen LogP contribution in [0.25, 0.3) is 0 Å². The van der Waals surface area contributed by atoms with Crippen LogP contribution in [0.1, 0.15) is 43.1 Å². The summed E-state index contributed by atoms with van der Waals surface area (Å²) in [5.74, 6) is 0.389. The maximum atomic E-state index is 13.4. The molecule has 2 heterocycles. The highest BCUT2D eigenvalue weighted by Crippen LogP contribution is 2.32. The van der Waals surface area contributed by atoms with Crippen LogP contribution in [0.3, 0.4) is 0 Å². The molecule has 1 saturated carbocycles. The Morgan fingerprint density at radius 1 is 1.18 bits per heavy atom. The lowest BCUT2D eigenvalue weighted by atomic mass is 9.95. The van der Waals surface area contributed by atoms with Gasteiger partial charge in [-0.3, -0.25) is 9.59 Å². The summed E-state index contributed by atoms with van der Waals surface area (Å²) in [5.41, 5.74) is 0.769. The summed E-state index contributed by atoms with van der Waals surface area (Å²) < 4.78 is 15.2. The fourth-order valence-corrected chi connectivity index (χ4v) is 3.85. The Kier molecular flexibility index (Phi) is 5.15. The van der Waals surface area contributed by atoms with Gasteiger partial charge in [-0.05, 0) is 43.4 Å². The summed E-state index contributed by atoms with van der Waals surface area (Å²) in [6.07, 6.45) is 7.02. The van der Waals surface area contributed by atoms with Crippen LogP contribution in [-0.2, 0) is 16.6 Å². The average molecular weight is 384 g/mol. The summed E-state index contributed by atoms with van der Waals surface area (Å²) in [5, 5.41) is 3.09. The van der Waals surface area contributed by atoms with Crippen LogP contribution in [0.5, 0.6) is 0 Å². The molecular weight excluding hydrogens is 359 g/mol. The third kappa shape index (κ3) is 3.93. The van der Waals surface area contributed by atoms with Gasteiger partial charge in [0.25, 0.3) is 0 Å². The summed E-state index contributed by atoms with van der Waals surface area (Å²) in [6, 6.07) is 5.63. The predicted molar refractivity (Wildman–Crippen MR) is 102 cm³/mol. The first kappa shape index (κ1) is 18.7. The van der Waals surface area contributed by atoms with Crippen molar-refractivity contribution >= 4 is 11.8 Å². The molecule has 1 saturated heterocycles. The number of likely N-dealkylation sites (tertiary alicyclic amines) is 1. The summed E-state index contributed by atoms with van der Waals surface area (Å²) in [4.78, 5) is 31.7. The van der Waals surface area contributed by atoms with Crippen molar-refractivity contribution in [3.05, 3.63) is 53.9 Å². The maximum Gasteiger partial charge on any atom is 0.225 e. The van der Waals surface area contributed by atoms with Crippen molar-refractivity contribution in [2.24, 2.45) is 18.9 Å². The monoisotopic (exact) mass is 384 g/mol. The number of nitrogens with zero attached hydrogens (tertiary/aromatic N) is 3. The number of carbonyl (C=O) groups excluding carboxylic acids is 2. The minimum atomic E-state index is -0.470. The van der Waals surface area contributed by atoms with Crippen LogP contribution >= 0.6 is 0 Å². The van der Waals surface area contributed by atoms with Crippen LogP contribution in [-0.4, -0.2) is 39.4 Å². The van der Waals surface area contributed by atoms with Crippen LogP contribution in [0, 0.1) is 17.7 Å². The van der Waals surface area contributed by atoms with Gasteiger partial charge < -0.3 is 14.8 Å². The van der Waals surface area contributed by atoms with E-state index in [1.165, 1.54) is 12.1 Å². The molecule has 1 aliphatic carbocycles. The van der Waals surface area contributed by atoms with Crippen molar-refractivity contribution in [3.63, 3.8) is 0 Å². The molecule has 4 rings (SSSR count). The van der Waals surface area contributed by atoms with Gasteiger partial charge in [-0.25, -0.2) is 9.37 Å². The molecule has 0 bridgehead atoms. The lowest BCUT2D eigenvalue weighted by molar-refractivity contribution is -0.136. The van der Waals surface area contributed by atoms with Crippen molar-refractivity contribution in [1.82, 2.24) is 19.8 Å². The number of piperidine rings is 1. The second kappa shape index (κ2) is 7.73. The molecule has 2 aromatic rings. The van der Waals surface area contributed by atoms with E-state index in [1.54, 1.807) is 18.3 Å². The number of aromatic nitrogens is 2. The summed E-state index contributed by atoms with van der Waals surface area (Å²) in [6.45, 7) is 1.21. The number of hydrogen-bond donors (Lipinski definition) is 1. The van der Waals surface area contributed by atoms with Crippen LogP contribution in [0.4, 0.5) is 4.39 Å². The molecule has 1 N–H and O–H groups in total. The minimum Gasteiger partial charge on any atom is -0.342 e. The number of amides is 2. The second-order valence-electron chi connectivity index (χ2n) is 7.79. The molecule has 2 unspecified atom stereocenters. The molecule has 7 heteroatoms. The van der Waals surface area contributed by atoms with Crippen molar-refractivity contribution in [2.75, 3.05) is 13.1 Å². The van der Waals surface area contributed by atoms with Gasteiger partial charge >= 0.3 is 0 Å². The third-order valence-corrected chi connectivity index (χ3v) is 5.64. The number of aryl methyl sites for hydroxylation is 1. The van der Waals surface area contributed by atoms with Gasteiger partial charge in [0.05, 0.1) is 5.92 Å². The largest absolute Gasteiger partial charge is 0.342 e. The Balaban J connectivity index is 1.51. The Morgan fingerprint density at radius 3 is 2.57 bits per heavy atom. The highest BCUT2D eigenvalue weighted by Gasteiger charge is 2.37. The molecule has 0 radical (unpaired) electrons. The van der Waals surface area contributed by atoms with E-state index in [0.717, 1.165) is 37.8 Å². The summed E-state index contributed by atoms with van der Waals surface area (Å²) >= 11 is 0. The number of carbonyl (C=O) groups is 2. The van der Waals surface area contributed by atoms with Gasteiger partial charge in [0.2, 0.25) is 11.8 Å². The van der Waals surface area contributed by atoms with Gasteiger partial charge in [-0.1, -0.05) is 12.1 Å². The quantitative estimate of drug-likeness (QED) is 0.861. The normalized spacial score (nSPS) is 20.6. The highest BCUT2D eigenvalue weighted by molar-refractivity contribution is 5.83. The van der Waals surface area contributed by atoms with E-state index in [-0.39, 0.29) is 29.5 Å². The smallest absolute Gasteiger partial charge is 0.225 e. The molecule has 28 heavy (non-hydrogen) atoms. The lowest BCUT2D eigenvalue weighted by Gasteiger charge is -2.33. The zero-order chi connectivity index (χ0) is 19.7. The first-order chi connectivity index (χ1) is 13.5. The zero-order valence-electron chi connectivity index (χ0n) is 16.0. The molecule has 148 valence electrons. The van der Waals surface area contributed by atoms with E-state index < -0.39 is 6.04 Å². The van der Waals surface area contributed by atoms with Gasteiger partial charge in [0.15, 0.2) is 0 Å². The maximum absolute atomic E-state index is 13.4. The molecule has 1 aromatic heterocycles. The number of hydrogen-bond acceptors (Lipinski definition) is 3. The van der Waals surface area contributed by atoms with Crippen molar-refractivity contribution < 1.29 is 14.0 Å². The van der Waals surface area contributed by atoms with E-state index in [2.05, 4.69) is 10.3 Å². The highest BCUT2D eigenvalue weighted by atomic mass is 19.1. The number of nitrogens with one attached hydrogen (secondary N) is 1. The van der Waals surface area contributed by atoms with Crippen molar-refractivity contribution in [1.29, 1.82) is 0 Å². The zero-order valence-corrected chi connectivity index (χ0v) is 16.0. The Morgan fingerprint density at radius 2 is 1.93 bits per heavy atom. The molecular formula is C21H25FN4O2. The summed E-state index contributed by atoms with van der Waals surface area (Å²) in [7, 11) is 1.86. The molecule has 2 atom stereocenters. The van der Waals surface area contributed by atoms with Gasteiger partial charge in [-0.15, -0.1) is 0 Å². The van der Waals surface area contributed by atoms with Crippen LogP contribution < -0.4 is 5.32 Å². The number of halogens is 1. The Hall–Kier alpha value is -2.70. The minimum absolute atomic E-state index is 0.0920. The van der Waals surface area contributed by atoms with Crippen molar-refractivity contribution in [3.8, 4) is 0 Å². The van der Waals surface area contributed by atoms with E-state index >= 15 is 0 Å². The fraction of sp³-hybridized carbons (Fsp3) is 0.476. The second-order valence-corrected chi connectivity index (χ2v) is 7.79. The standard InChI is InChI=1S/C21H25FN4O2/c1-25-12-10-23-19(25)18(14-6-8-17(22)9-7-14)24-20(27)16-3-2-11-26(13-16)21(28)15-4-5-15/h6-10,12,15-16,18H,2-5,11,13H2,1H3,(H,24,27). The first-order valence-electron chi connectivity index (χ1n) is 9.85. The number of rotatable bonds is 5. The van der Waals surface area contributed by atoms with E-state index in [4.69, 9.17) is 0 Å². The van der Waals surface area contributed by atoms with E-state index in [0.29, 0.717) is 12.4 Å².